The molecule has 1 aliphatic carbocycles. The first-order valence-corrected chi connectivity index (χ1v) is 10.0. The van der Waals surface area contributed by atoms with Gasteiger partial charge < -0.3 is 19.5 Å². The largest absolute Gasteiger partial charge is 0.492 e. The zero-order chi connectivity index (χ0) is 20.1. The third-order valence-corrected chi connectivity index (χ3v) is 5.41. The molecule has 27 heavy (non-hydrogen) atoms. The molecule has 1 aliphatic rings. The van der Waals surface area contributed by atoms with E-state index in [1.807, 2.05) is 27.7 Å². The SMILES string of the molecule is CCCO[C@@](C)(C(=O)Nc1ccc(OCCC(C)(C)OC)c(Cl)c1)C1CC1. The Morgan fingerprint density at radius 2 is 1.96 bits per heavy atom. The van der Waals surface area contributed by atoms with Crippen molar-refractivity contribution in [3.8, 4) is 5.75 Å². The Kier molecular flexibility index (Phi) is 7.55. The number of ether oxygens (including phenoxy) is 3. The molecule has 1 saturated carbocycles. The number of benzene rings is 1. The maximum absolute atomic E-state index is 12.8. The number of hydrogen-bond donors (Lipinski definition) is 1. The van der Waals surface area contributed by atoms with Gasteiger partial charge in [-0.3, -0.25) is 4.79 Å². The van der Waals surface area contributed by atoms with Crippen molar-refractivity contribution in [1.29, 1.82) is 0 Å². The van der Waals surface area contributed by atoms with Crippen LogP contribution in [0.25, 0.3) is 0 Å². The summed E-state index contributed by atoms with van der Waals surface area (Å²) < 4.78 is 17.0. The number of amides is 1. The Balaban J connectivity index is 1.97. The molecule has 5 nitrogen and oxygen atoms in total. The Bertz CT molecular complexity index is 645. The summed E-state index contributed by atoms with van der Waals surface area (Å²) in [6.07, 6.45) is 3.68. The van der Waals surface area contributed by atoms with Crippen LogP contribution in [0.15, 0.2) is 18.2 Å². The molecule has 2 rings (SSSR count). The normalized spacial score (nSPS) is 16.7. The number of halogens is 1. The molecule has 0 bridgehead atoms. The average Bonchev–Trinajstić information content (AvgIpc) is 3.47. The summed E-state index contributed by atoms with van der Waals surface area (Å²) in [5, 5.41) is 3.41. The van der Waals surface area contributed by atoms with Crippen molar-refractivity contribution < 1.29 is 19.0 Å². The lowest BCUT2D eigenvalue weighted by atomic mass is 9.98. The molecular weight excluding hydrogens is 366 g/mol. The van der Waals surface area contributed by atoms with Crippen LogP contribution in [0.5, 0.6) is 5.75 Å². The number of rotatable bonds is 11. The van der Waals surface area contributed by atoms with Gasteiger partial charge in [-0.25, -0.2) is 0 Å². The number of anilines is 1. The van der Waals surface area contributed by atoms with Gasteiger partial charge in [0.1, 0.15) is 11.4 Å². The topological polar surface area (TPSA) is 56.8 Å². The first-order chi connectivity index (χ1) is 12.7. The van der Waals surface area contributed by atoms with E-state index in [9.17, 15) is 4.79 Å². The standard InChI is InChI=1S/C21H32ClNO4/c1-6-12-27-21(4,15-7-8-15)19(24)23-16-9-10-18(17(22)14-16)26-13-11-20(2,3)25-5/h9-10,14-15H,6-8,11-13H2,1-5H3,(H,23,24)/t21-/m1/s1. The van der Waals surface area contributed by atoms with Crippen LogP contribution < -0.4 is 10.1 Å². The molecule has 6 heteroatoms. The van der Waals surface area contributed by atoms with E-state index in [0.29, 0.717) is 29.7 Å². The van der Waals surface area contributed by atoms with Crippen molar-refractivity contribution in [3.63, 3.8) is 0 Å². The molecule has 152 valence electrons. The molecule has 1 atom stereocenters. The van der Waals surface area contributed by atoms with E-state index in [2.05, 4.69) is 5.32 Å². The van der Waals surface area contributed by atoms with Crippen molar-refractivity contribution in [2.24, 2.45) is 5.92 Å². The maximum Gasteiger partial charge on any atom is 0.256 e. The van der Waals surface area contributed by atoms with Gasteiger partial charge in [0.2, 0.25) is 0 Å². The second-order valence-corrected chi connectivity index (χ2v) is 8.30. The van der Waals surface area contributed by atoms with Crippen LogP contribution in [-0.2, 0) is 14.3 Å². The minimum Gasteiger partial charge on any atom is -0.492 e. The second-order valence-electron chi connectivity index (χ2n) is 7.89. The first-order valence-electron chi connectivity index (χ1n) is 9.64. The number of methoxy groups -OCH3 is 1. The van der Waals surface area contributed by atoms with Crippen molar-refractivity contribution in [3.05, 3.63) is 23.2 Å². The van der Waals surface area contributed by atoms with Gasteiger partial charge in [-0.2, -0.15) is 0 Å². The third-order valence-electron chi connectivity index (χ3n) is 5.12. The Hall–Kier alpha value is -1.30. The van der Waals surface area contributed by atoms with Gasteiger partial charge in [-0.05, 0) is 64.2 Å². The fourth-order valence-corrected chi connectivity index (χ4v) is 3.01. The zero-order valence-corrected chi connectivity index (χ0v) is 17.8. The van der Waals surface area contributed by atoms with Gasteiger partial charge in [-0.15, -0.1) is 0 Å². The highest BCUT2D eigenvalue weighted by Crippen LogP contribution is 2.42. The summed E-state index contributed by atoms with van der Waals surface area (Å²) in [7, 11) is 1.68. The quantitative estimate of drug-likeness (QED) is 0.566. The molecule has 0 radical (unpaired) electrons. The van der Waals surface area contributed by atoms with Crippen molar-refractivity contribution in [1.82, 2.24) is 0 Å². The second kappa shape index (κ2) is 9.26. The van der Waals surface area contributed by atoms with E-state index in [4.69, 9.17) is 25.8 Å². The highest BCUT2D eigenvalue weighted by molar-refractivity contribution is 6.32. The molecule has 1 N–H and O–H groups in total. The summed E-state index contributed by atoms with van der Waals surface area (Å²) in [6, 6.07) is 5.29. The van der Waals surface area contributed by atoms with E-state index >= 15 is 0 Å². The van der Waals surface area contributed by atoms with E-state index < -0.39 is 5.60 Å². The average molecular weight is 398 g/mol. The highest BCUT2D eigenvalue weighted by atomic mass is 35.5. The molecule has 1 amide bonds. The highest BCUT2D eigenvalue weighted by Gasteiger charge is 2.48. The lowest BCUT2D eigenvalue weighted by Gasteiger charge is -2.28. The van der Waals surface area contributed by atoms with Crippen LogP contribution >= 0.6 is 11.6 Å². The smallest absolute Gasteiger partial charge is 0.256 e. The maximum atomic E-state index is 12.8. The molecule has 1 aromatic carbocycles. The Morgan fingerprint density at radius 3 is 2.52 bits per heavy atom. The monoisotopic (exact) mass is 397 g/mol. The lowest BCUT2D eigenvalue weighted by Crippen LogP contribution is -2.45. The molecule has 1 fully saturated rings. The van der Waals surface area contributed by atoms with Gasteiger partial charge in [0.15, 0.2) is 0 Å². The molecule has 1 aromatic rings. The van der Waals surface area contributed by atoms with E-state index in [-0.39, 0.29) is 17.4 Å². The summed E-state index contributed by atoms with van der Waals surface area (Å²) in [5.74, 6) is 0.755. The minimum absolute atomic E-state index is 0.120. The van der Waals surface area contributed by atoms with Crippen LogP contribution in [0.4, 0.5) is 5.69 Å². The fraction of sp³-hybridized carbons (Fsp3) is 0.667. The molecule has 0 heterocycles. The van der Waals surface area contributed by atoms with Gasteiger partial charge in [-0.1, -0.05) is 18.5 Å². The van der Waals surface area contributed by atoms with Crippen LogP contribution in [0.3, 0.4) is 0 Å². The van der Waals surface area contributed by atoms with Crippen LogP contribution in [0.2, 0.25) is 5.02 Å². The lowest BCUT2D eigenvalue weighted by molar-refractivity contribution is -0.142. The molecule has 0 saturated heterocycles. The molecule has 0 aromatic heterocycles. The van der Waals surface area contributed by atoms with Crippen LogP contribution in [0.1, 0.15) is 53.4 Å². The first kappa shape index (κ1) is 22.0. The fourth-order valence-electron chi connectivity index (χ4n) is 2.78. The predicted molar refractivity (Wildman–Crippen MR) is 109 cm³/mol. The number of carbonyl (C=O) groups excluding carboxylic acids is 1. The van der Waals surface area contributed by atoms with Crippen LogP contribution in [-0.4, -0.2) is 37.4 Å². The van der Waals surface area contributed by atoms with Gasteiger partial charge in [0, 0.05) is 25.8 Å². The Morgan fingerprint density at radius 1 is 1.26 bits per heavy atom. The Labute approximate surface area is 167 Å². The van der Waals surface area contributed by atoms with E-state index in [1.165, 1.54) is 0 Å². The molecular formula is C21H32ClNO4. The number of nitrogens with one attached hydrogen (secondary N) is 1. The van der Waals surface area contributed by atoms with Gasteiger partial charge in [0.05, 0.1) is 17.2 Å². The predicted octanol–water partition coefficient (Wildman–Crippen LogP) is 5.07. The third kappa shape index (κ3) is 6.09. The van der Waals surface area contributed by atoms with Crippen molar-refractivity contribution in [2.45, 2.75) is 64.6 Å². The van der Waals surface area contributed by atoms with Crippen molar-refractivity contribution >= 4 is 23.2 Å². The minimum atomic E-state index is -0.788. The van der Waals surface area contributed by atoms with E-state index in [1.54, 1.807) is 25.3 Å². The van der Waals surface area contributed by atoms with Gasteiger partial charge >= 0.3 is 0 Å². The summed E-state index contributed by atoms with van der Waals surface area (Å²) >= 11 is 6.33. The van der Waals surface area contributed by atoms with Gasteiger partial charge in [0.25, 0.3) is 5.91 Å². The summed E-state index contributed by atoms with van der Waals surface area (Å²) in [6.45, 7) is 9.01. The summed E-state index contributed by atoms with van der Waals surface area (Å²) in [5.41, 5.74) is -0.392. The molecule has 0 unspecified atom stereocenters. The van der Waals surface area contributed by atoms with Crippen molar-refractivity contribution in [2.75, 3.05) is 25.6 Å². The molecule has 0 aliphatic heterocycles. The van der Waals surface area contributed by atoms with Crippen LogP contribution in [0, 0.1) is 5.92 Å². The summed E-state index contributed by atoms with van der Waals surface area (Å²) in [4.78, 5) is 12.8. The molecule has 0 spiro atoms. The zero-order valence-electron chi connectivity index (χ0n) is 17.1. The number of carbonyl (C=O) groups is 1. The number of hydrogen-bond acceptors (Lipinski definition) is 4. The van der Waals surface area contributed by atoms with E-state index in [0.717, 1.165) is 25.7 Å².